The maximum absolute atomic E-state index is 12.1. The van der Waals surface area contributed by atoms with Crippen molar-refractivity contribution in [1.82, 2.24) is 19.9 Å². The highest BCUT2D eigenvalue weighted by Crippen LogP contribution is 2.21. The Morgan fingerprint density at radius 2 is 2.28 bits per heavy atom. The molecule has 2 N–H and O–H groups in total. The van der Waals surface area contributed by atoms with E-state index in [2.05, 4.69) is 25.3 Å². The number of H-pyrrole nitrogens is 1. The van der Waals surface area contributed by atoms with Crippen LogP contribution in [0.3, 0.4) is 0 Å². The summed E-state index contributed by atoms with van der Waals surface area (Å²) in [7, 11) is 0. The number of aromatic amines is 1. The summed E-state index contributed by atoms with van der Waals surface area (Å²) in [5.74, 6) is 0.400. The van der Waals surface area contributed by atoms with Gasteiger partial charge in [0.15, 0.2) is 12.3 Å². The number of rotatable bonds is 6. The molecule has 0 aliphatic rings. The van der Waals surface area contributed by atoms with Crippen molar-refractivity contribution in [2.24, 2.45) is 0 Å². The van der Waals surface area contributed by atoms with Crippen molar-refractivity contribution in [3.63, 3.8) is 0 Å². The number of imidazole rings is 1. The van der Waals surface area contributed by atoms with Crippen molar-refractivity contribution < 1.29 is 13.5 Å². The third kappa shape index (κ3) is 2.82. The number of hydrogen-bond donors (Lipinski definition) is 2. The zero-order valence-corrected chi connectivity index (χ0v) is 9.78. The number of ether oxygens (including phenoxy) is 1. The molecule has 6 nitrogen and oxygen atoms in total. The van der Waals surface area contributed by atoms with Crippen LogP contribution in [-0.4, -0.2) is 39.5 Å². The van der Waals surface area contributed by atoms with Crippen LogP contribution < -0.4 is 10.1 Å². The summed E-state index contributed by atoms with van der Waals surface area (Å²) in [6.07, 6.45) is -0.238. The highest BCUT2D eigenvalue weighted by Gasteiger charge is 2.13. The van der Waals surface area contributed by atoms with Gasteiger partial charge in [-0.2, -0.15) is 9.97 Å². The highest BCUT2D eigenvalue weighted by molar-refractivity contribution is 5.76. The van der Waals surface area contributed by atoms with Gasteiger partial charge >= 0.3 is 0 Å². The highest BCUT2D eigenvalue weighted by atomic mass is 19.3. The Bertz CT molecular complexity index is 516. The van der Waals surface area contributed by atoms with Gasteiger partial charge in [-0.05, 0) is 6.42 Å². The molecule has 2 rings (SSSR count). The number of nitrogens with one attached hydrogen (secondary N) is 2. The largest absolute Gasteiger partial charge is 0.470 e. The summed E-state index contributed by atoms with van der Waals surface area (Å²) >= 11 is 0. The van der Waals surface area contributed by atoms with Crippen LogP contribution in [0.2, 0.25) is 0 Å². The second-order valence-electron chi connectivity index (χ2n) is 3.58. The van der Waals surface area contributed by atoms with E-state index in [0.717, 1.165) is 6.42 Å². The maximum atomic E-state index is 12.1. The van der Waals surface area contributed by atoms with Gasteiger partial charge in [-0.25, -0.2) is 13.8 Å². The molecule has 2 heterocycles. The van der Waals surface area contributed by atoms with Gasteiger partial charge < -0.3 is 15.0 Å². The first-order valence-corrected chi connectivity index (χ1v) is 5.56. The molecule has 0 bridgehead atoms. The van der Waals surface area contributed by atoms with Crippen LogP contribution in [0.15, 0.2) is 6.33 Å². The Labute approximate surface area is 102 Å². The fourth-order valence-corrected chi connectivity index (χ4v) is 1.37. The SMILES string of the molecule is CCCNc1nc(OCC(F)F)c2[nH]cnc2n1. The molecule has 0 spiro atoms. The molecule has 0 unspecified atom stereocenters. The lowest BCUT2D eigenvalue weighted by Crippen LogP contribution is -2.10. The molecule has 0 saturated carbocycles. The fourth-order valence-electron chi connectivity index (χ4n) is 1.37. The lowest BCUT2D eigenvalue weighted by atomic mass is 10.5. The van der Waals surface area contributed by atoms with Gasteiger partial charge in [0.1, 0.15) is 5.52 Å². The molecule has 98 valence electrons. The van der Waals surface area contributed by atoms with E-state index in [1.807, 2.05) is 6.92 Å². The van der Waals surface area contributed by atoms with Crippen LogP contribution in [0.1, 0.15) is 13.3 Å². The molecule has 0 aliphatic heterocycles. The molecular weight excluding hydrogens is 244 g/mol. The predicted molar refractivity (Wildman–Crippen MR) is 62.0 cm³/mol. The first kappa shape index (κ1) is 12.5. The van der Waals surface area contributed by atoms with Crippen LogP contribution >= 0.6 is 0 Å². The maximum Gasteiger partial charge on any atom is 0.272 e. The number of hydrogen-bond acceptors (Lipinski definition) is 5. The van der Waals surface area contributed by atoms with E-state index in [4.69, 9.17) is 4.74 Å². The quantitative estimate of drug-likeness (QED) is 0.825. The van der Waals surface area contributed by atoms with Gasteiger partial charge in [0.2, 0.25) is 11.8 Å². The van der Waals surface area contributed by atoms with Crippen molar-refractivity contribution in [3.05, 3.63) is 6.33 Å². The molecule has 0 fully saturated rings. The Balaban J connectivity index is 2.26. The van der Waals surface area contributed by atoms with E-state index in [1.54, 1.807) is 0 Å². The van der Waals surface area contributed by atoms with Crippen LogP contribution in [0.25, 0.3) is 11.2 Å². The minimum atomic E-state index is -2.55. The minimum Gasteiger partial charge on any atom is -0.470 e. The average Bonchev–Trinajstić information content (AvgIpc) is 2.81. The summed E-state index contributed by atoms with van der Waals surface area (Å²) in [5, 5.41) is 2.96. The van der Waals surface area contributed by atoms with E-state index >= 15 is 0 Å². The molecule has 0 radical (unpaired) electrons. The smallest absolute Gasteiger partial charge is 0.272 e. The van der Waals surface area contributed by atoms with Crippen molar-refractivity contribution >= 4 is 17.1 Å². The Morgan fingerprint density at radius 1 is 1.44 bits per heavy atom. The number of aromatic nitrogens is 4. The lowest BCUT2D eigenvalue weighted by molar-refractivity contribution is 0.0804. The summed E-state index contributed by atoms with van der Waals surface area (Å²) in [6.45, 7) is 1.97. The van der Waals surface area contributed by atoms with Gasteiger partial charge in [0.05, 0.1) is 6.33 Å². The number of halogens is 2. The van der Waals surface area contributed by atoms with E-state index in [1.165, 1.54) is 6.33 Å². The van der Waals surface area contributed by atoms with Gasteiger partial charge in [0, 0.05) is 6.54 Å². The molecule has 2 aromatic rings. The fraction of sp³-hybridized carbons (Fsp3) is 0.500. The zero-order valence-electron chi connectivity index (χ0n) is 9.78. The second-order valence-corrected chi connectivity index (χ2v) is 3.58. The van der Waals surface area contributed by atoms with Crippen LogP contribution in [0.4, 0.5) is 14.7 Å². The topological polar surface area (TPSA) is 75.7 Å². The van der Waals surface area contributed by atoms with Crippen molar-refractivity contribution in [2.45, 2.75) is 19.8 Å². The van der Waals surface area contributed by atoms with Gasteiger partial charge in [-0.3, -0.25) is 0 Å². The summed E-state index contributed by atoms with van der Waals surface area (Å²) in [4.78, 5) is 14.9. The predicted octanol–water partition coefficient (Wildman–Crippen LogP) is 1.82. The van der Waals surface area contributed by atoms with E-state index < -0.39 is 13.0 Å². The van der Waals surface area contributed by atoms with Gasteiger partial charge in [-0.15, -0.1) is 0 Å². The minimum absolute atomic E-state index is 0.0800. The number of anilines is 1. The normalized spacial score (nSPS) is 11.1. The zero-order chi connectivity index (χ0) is 13.0. The van der Waals surface area contributed by atoms with Crippen LogP contribution in [-0.2, 0) is 0 Å². The van der Waals surface area contributed by atoms with Crippen molar-refractivity contribution in [3.8, 4) is 5.88 Å². The first-order valence-electron chi connectivity index (χ1n) is 5.56. The monoisotopic (exact) mass is 257 g/mol. The molecule has 0 saturated heterocycles. The standard InChI is InChI=1S/C10H13F2N5O/c1-2-3-13-10-16-8-7(14-5-15-8)9(17-10)18-4-6(11)12/h5-6H,2-4H2,1H3,(H2,13,14,15,16,17). The van der Waals surface area contributed by atoms with E-state index in [9.17, 15) is 8.78 Å². The van der Waals surface area contributed by atoms with Gasteiger partial charge in [-0.1, -0.05) is 6.92 Å². The van der Waals surface area contributed by atoms with Crippen LogP contribution in [0, 0.1) is 0 Å². The summed E-state index contributed by atoms with van der Waals surface area (Å²) in [5.41, 5.74) is 0.797. The summed E-state index contributed by atoms with van der Waals surface area (Å²) in [6, 6.07) is 0. The first-order chi connectivity index (χ1) is 8.70. The van der Waals surface area contributed by atoms with E-state index in [0.29, 0.717) is 23.7 Å². The number of nitrogens with zero attached hydrogens (tertiary/aromatic N) is 3. The molecule has 2 aromatic heterocycles. The second kappa shape index (κ2) is 5.56. The van der Waals surface area contributed by atoms with Gasteiger partial charge in [0.25, 0.3) is 6.43 Å². The number of alkyl halides is 2. The van der Waals surface area contributed by atoms with Crippen molar-refractivity contribution in [2.75, 3.05) is 18.5 Å². The van der Waals surface area contributed by atoms with Crippen LogP contribution in [0.5, 0.6) is 5.88 Å². The Kier molecular flexibility index (Phi) is 3.85. The average molecular weight is 257 g/mol. The Hall–Kier alpha value is -1.99. The molecular formula is C10H13F2N5O. The third-order valence-corrected chi connectivity index (χ3v) is 2.13. The van der Waals surface area contributed by atoms with Crippen molar-refractivity contribution in [1.29, 1.82) is 0 Å². The lowest BCUT2D eigenvalue weighted by Gasteiger charge is -2.08. The molecule has 0 aliphatic carbocycles. The summed E-state index contributed by atoms with van der Waals surface area (Å²) < 4.78 is 29.2. The Morgan fingerprint density at radius 3 is 3.00 bits per heavy atom. The molecule has 0 amide bonds. The van der Waals surface area contributed by atoms with E-state index in [-0.39, 0.29) is 5.88 Å². The molecule has 0 aromatic carbocycles. The molecule has 8 heteroatoms. The molecule has 0 atom stereocenters. The number of fused-ring (bicyclic) bond motifs is 1. The third-order valence-electron chi connectivity index (χ3n) is 2.13. The molecule has 18 heavy (non-hydrogen) atoms.